The first kappa shape index (κ1) is 19.5. The summed E-state index contributed by atoms with van der Waals surface area (Å²) in [6, 6.07) is 14.1. The molecule has 0 spiro atoms. The summed E-state index contributed by atoms with van der Waals surface area (Å²) in [6.45, 7) is 0. The third kappa shape index (κ3) is 4.93. The number of halogens is 1. The van der Waals surface area contributed by atoms with Crippen molar-refractivity contribution in [1.82, 2.24) is 9.97 Å². The molecule has 1 unspecified atom stereocenters. The fourth-order valence-corrected chi connectivity index (χ4v) is 2.74. The highest BCUT2D eigenvalue weighted by molar-refractivity contribution is 7.80. The maximum absolute atomic E-state index is 14.2. The van der Waals surface area contributed by atoms with Crippen LogP contribution in [0.15, 0.2) is 54.7 Å². The number of hydrogen-bond acceptors (Lipinski definition) is 7. The van der Waals surface area contributed by atoms with E-state index in [0.29, 0.717) is 5.69 Å². The fourth-order valence-electron chi connectivity index (χ4n) is 2.39. The first-order valence-corrected chi connectivity index (χ1v) is 9.29. The molecular formula is C18H18FN6O2S-. The Balaban J connectivity index is 1.81. The smallest absolute Gasteiger partial charge is 0.229 e. The van der Waals surface area contributed by atoms with Gasteiger partial charge in [0, 0.05) is 36.7 Å². The number of rotatable bonds is 7. The molecule has 3 N–H and O–H groups in total. The van der Waals surface area contributed by atoms with Gasteiger partial charge >= 0.3 is 0 Å². The molecule has 1 atom stereocenters. The molecule has 146 valence electrons. The van der Waals surface area contributed by atoms with Crippen LogP contribution in [0.4, 0.5) is 38.9 Å². The van der Waals surface area contributed by atoms with Gasteiger partial charge in [-0.15, -0.1) is 0 Å². The lowest BCUT2D eigenvalue weighted by Gasteiger charge is -2.15. The molecule has 2 aromatic carbocycles. The van der Waals surface area contributed by atoms with Crippen molar-refractivity contribution < 1.29 is 13.2 Å². The van der Waals surface area contributed by atoms with Crippen molar-refractivity contribution in [3.63, 3.8) is 0 Å². The largest absolute Gasteiger partial charge is 0.755 e. The Morgan fingerprint density at radius 2 is 1.71 bits per heavy atom. The van der Waals surface area contributed by atoms with Crippen LogP contribution in [0.1, 0.15) is 0 Å². The van der Waals surface area contributed by atoms with Crippen LogP contribution >= 0.6 is 0 Å². The summed E-state index contributed by atoms with van der Waals surface area (Å²) in [6.07, 6.45) is 1.04. The van der Waals surface area contributed by atoms with E-state index >= 15 is 0 Å². The Bertz CT molecular complexity index is 984. The number of nitrogens with one attached hydrogen (secondary N) is 3. The van der Waals surface area contributed by atoms with Crippen LogP contribution < -0.4 is 20.3 Å². The quantitative estimate of drug-likeness (QED) is 0.521. The highest BCUT2D eigenvalue weighted by Gasteiger charge is 2.10. The SMILES string of the molecule is CN(C)c1ccc(Nc2ncc(F)c(Nc3ccccc3NS(=O)[O-])n2)cc1. The van der Waals surface area contributed by atoms with Crippen LogP contribution in [0.3, 0.4) is 0 Å². The minimum absolute atomic E-state index is 0.0895. The Kier molecular flexibility index (Phi) is 6.02. The number of nitrogens with zero attached hydrogens (tertiary/aromatic N) is 3. The molecule has 0 aliphatic carbocycles. The van der Waals surface area contributed by atoms with Gasteiger partial charge < -0.3 is 24.8 Å². The van der Waals surface area contributed by atoms with Crippen LogP contribution in [-0.4, -0.2) is 32.8 Å². The average Bonchev–Trinajstić information content (AvgIpc) is 2.66. The zero-order valence-corrected chi connectivity index (χ0v) is 16.0. The number of benzene rings is 2. The molecule has 0 radical (unpaired) electrons. The summed E-state index contributed by atoms with van der Waals surface area (Å²) in [5.41, 5.74) is 2.40. The predicted molar refractivity (Wildman–Crippen MR) is 108 cm³/mol. The molecule has 3 aromatic rings. The van der Waals surface area contributed by atoms with Crippen molar-refractivity contribution in [2.45, 2.75) is 0 Å². The molecule has 0 aliphatic rings. The second-order valence-electron chi connectivity index (χ2n) is 5.96. The van der Waals surface area contributed by atoms with Gasteiger partial charge in [-0.05, 0) is 36.4 Å². The minimum atomic E-state index is -2.51. The van der Waals surface area contributed by atoms with Crippen molar-refractivity contribution in [2.24, 2.45) is 0 Å². The van der Waals surface area contributed by atoms with Crippen molar-refractivity contribution in [1.29, 1.82) is 0 Å². The Morgan fingerprint density at radius 1 is 1.04 bits per heavy atom. The van der Waals surface area contributed by atoms with Crippen molar-refractivity contribution in [2.75, 3.05) is 34.4 Å². The molecular weight excluding hydrogens is 383 g/mol. The molecule has 0 saturated carbocycles. The first-order chi connectivity index (χ1) is 13.4. The summed E-state index contributed by atoms with van der Waals surface area (Å²) < 4.78 is 38.2. The Morgan fingerprint density at radius 3 is 2.36 bits per heavy atom. The summed E-state index contributed by atoms with van der Waals surface area (Å²) in [5.74, 6) is -0.570. The number of hydrogen-bond donors (Lipinski definition) is 3. The highest BCUT2D eigenvalue weighted by atomic mass is 32.2. The molecule has 28 heavy (non-hydrogen) atoms. The lowest BCUT2D eigenvalue weighted by atomic mass is 10.2. The predicted octanol–water partition coefficient (Wildman–Crippen LogP) is 3.37. The molecule has 3 rings (SSSR count). The topological polar surface area (TPSA) is 105 Å². The van der Waals surface area contributed by atoms with Gasteiger partial charge in [-0.2, -0.15) is 4.98 Å². The third-order valence-corrected chi connectivity index (χ3v) is 4.14. The lowest BCUT2D eigenvalue weighted by molar-refractivity contribution is 0.542. The molecule has 1 aromatic heterocycles. The summed E-state index contributed by atoms with van der Waals surface area (Å²) in [7, 11) is 3.89. The third-order valence-electron chi connectivity index (χ3n) is 3.76. The van der Waals surface area contributed by atoms with E-state index in [1.165, 1.54) is 0 Å². The van der Waals surface area contributed by atoms with E-state index in [1.54, 1.807) is 24.3 Å². The molecule has 1 heterocycles. The van der Waals surface area contributed by atoms with Gasteiger partial charge in [0.1, 0.15) is 0 Å². The van der Waals surface area contributed by atoms with Crippen molar-refractivity contribution >= 4 is 45.8 Å². The fraction of sp³-hybridized carbons (Fsp3) is 0.111. The molecule has 0 bridgehead atoms. The van der Waals surface area contributed by atoms with E-state index < -0.39 is 17.1 Å². The van der Waals surface area contributed by atoms with Crippen LogP contribution in [0.25, 0.3) is 0 Å². The van der Waals surface area contributed by atoms with Crippen LogP contribution in [0, 0.1) is 5.82 Å². The number of aromatic nitrogens is 2. The average molecular weight is 401 g/mol. The molecule has 10 heteroatoms. The summed E-state index contributed by atoms with van der Waals surface area (Å²) in [4.78, 5) is 10.1. The molecule has 8 nitrogen and oxygen atoms in total. The van der Waals surface area contributed by atoms with E-state index in [9.17, 15) is 13.2 Å². The summed E-state index contributed by atoms with van der Waals surface area (Å²) in [5, 5.41) is 5.80. The molecule has 0 amide bonds. The normalized spacial score (nSPS) is 11.6. The van der Waals surface area contributed by atoms with Crippen molar-refractivity contribution in [3.05, 3.63) is 60.5 Å². The van der Waals surface area contributed by atoms with Crippen LogP contribution in [0.5, 0.6) is 0 Å². The second-order valence-corrected chi connectivity index (χ2v) is 6.64. The van der Waals surface area contributed by atoms with Crippen molar-refractivity contribution in [3.8, 4) is 0 Å². The lowest BCUT2D eigenvalue weighted by Crippen LogP contribution is -2.08. The zero-order chi connectivity index (χ0) is 20.1. The van der Waals surface area contributed by atoms with Gasteiger partial charge in [-0.3, -0.25) is 4.21 Å². The van der Waals surface area contributed by atoms with Gasteiger partial charge in [0.15, 0.2) is 11.6 Å². The van der Waals surface area contributed by atoms with E-state index in [4.69, 9.17) is 0 Å². The minimum Gasteiger partial charge on any atom is -0.755 e. The van der Waals surface area contributed by atoms with E-state index in [0.717, 1.165) is 17.6 Å². The van der Waals surface area contributed by atoms with E-state index in [1.807, 2.05) is 43.3 Å². The highest BCUT2D eigenvalue weighted by Crippen LogP contribution is 2.27. The van der Waals surface area contributed by atoms with Gasteiger partial charge in [0.25, 0.3) is 0 Å². The monoisotopic (exact) mass is 401 g/mol. The van der Waals surface area contributed by atoms with E-state index in [2.05, 4.69) is 25.3 Å². The number of para-hydroxylation sites is 2. The maximum Gasteiger partial charge on any atom is 0.229 e. The molecule has 0 saturated heterocycles. The van der Waals surface area contributed by atoms with Gasteiger partial charge in [0.05, 0.1) is 17.6 Å². The Hall–Kier alpha value is -3.24. The standard InChI is InChI=1S/C18H19FN6O2S/c1-25(2)13-9-7-12(8-10-13)21-18-20-11-14(19)17(23-18)22-15-5-3-4-6-16(15)24-28(26)27/h3-11,24H,1-2H3,(H,26,27)(H2,20,21,22,23)/p-1. The van der Waals surface area contributed by atoms with Gasteiger partial charge in [0.2, 0.25) is 5.95 Å². The first-order valence-electron chi connectivity index (χ1n) is 8.21. The zero-order valence-electron chi connectivity index (χ0n) is 15.1. The molecule has 0 aliphatic heterocycles. The maximum atomic E-state index is 14.2. The van der Waals surface area contributed by atoms with Crippen LogP contribution in [-0.2, 0) is 11.3 Å². The number of anilines is 6. The van der Waals surface area contributed by atoms with Gasteiger partial charge in [-0.25, -0.2) is 9.37 Å². The molecule has 0 fully saturated rings. The second kappa shape index (κ2) is 8.63. The van der Waals surface area contributed by atoms with Crippen LogP contribution in [0.2, 0.25) is 0 Å². The van der Waals surface area contributed by atoms with E-state index in [-0.39, 0.29) is 17.5 Å². The Labute approximate surface area is 164 Å². The van der Waals surface area contributed by atoms with Gasteiger partial charge in [-0.1, -0.05) is 12.1 Å². The summed E-state index contributed by atoms with van der Waals surface area (Å²) >= 11 is -2.51.